The summed E-state index contributed by atoms with van der Waals surface area (Å²) in [4.78, 5) is 12.2. The van der Waals surface area contributed by atoms with Crippen LogP contribution in [0.25, 0.3) is 0 Å². The van der Waals surface area contributed by atoms with Crippen molar-refractivity contribution in [1.82, 2.24) is 0 Å². The lowest BCUT2D eigenvalue weighted by Gasteiger charge is -2.70. The molecule has 0 N–H and O–H groups in total. The van der Waals surface area contributed by atoms with Gasteiger partial charge in [0.25, 0.3) is 0 Å². The number of alkyl halides is 1. The van der Waals surface area contributed by atoms with Crippen molar-refractivity contribution < 1.29 is 23.7 Å². The Morgan fingerprint density at radius 2 is 1.24 bits per heavy atom. The number of aldehydes is 1. The first-order valence-corrected chi connectivity index (χ1v) is 8.71. The van der Waals surface area contributed by atoms with Gasteiger partial charge in [-0.15, -0.1) is 0 Å². The normalized spacial score (nSPS) is 68.0. The molecule has 2 heterocycles. The van der Waals surface area contributed by atoms with E-state index < -0.39 is 17.0 Å². The molecule has 0 amide bonds. The van der Waals surface area contributed by atoms with Crippen molar-refractivity contribution in [2.24, 2.45) is 40.9 Å². The van der Waals surface area contributed by atoms with Crippen LogP contribution in [-0.4, -0.2) is 48.6 Å². The number of hydrogen-bond donors (Lipinski definition) is 0. The molecule has 2 aliphatic heterocycles. The second kappa shape index (κ2) is 2.77. The molecular formula is C15H15BrO5. The highest BCUT2D eigenvalue weighted by Crippen LogP contribution is 3.00. The molecule has 5 nitrogen and oxygen atoms in total. The highest BCUT2D eigenvalue weighted by molar-refractivity contribution is 9.10. The Bertz CT molecular complexity index is 611. The highest BCUT2D eigenvalue weighted by Gasteiger charge is 3.08. The molecule has 6 heteroatoms. The van der Waals surface area contributed by atoms with E-state index in [2.05, 4.69) is 15.9 Å². The molecule has 0 aromatic carbocycles. The summed E-state index contributed by atoms with van der Waals surface area (Å²) in [5.41, 5.74) is -0.440. The number of carbonyl (C=O) groups is 1. The zero-order valence-corrected chi connectivity index (χ0v) is 12.9. The monoisotopic (exact) mass is 354 g/mol. The van der Waals surface area contributed by atoms with Gasteiger partial charge in [0.2, 0.25) is 0 Å². The van der Waals surface area contributed by atoms with Crippen molar-refractivity contribution in [3.63, 3.8) is 0 Å². The summed E-state index contributed by atoms with van der Waals surface area (Å²) in [7, 11) is 0. The summed E-state index contributed by atoms with van der Waals surface area (Å²) < 4.78 is 24.5. The van der Waals surface area contributed by atoms with Crippen LogP contribution in [0.2, 0.25) is 0 Å². The van der Waals surface area contributed by atoms with Gasteiger partial charge in [-0.25, -0.2) is 0 Å². The summed E-state index contributed by atoms with van der Waals surface area (Å²) >= 11 is 4.03. The predicted molar refractivity (Wildman–Crippen MR) is 70.4 cm³/mol. The smallest absolute Gasteiger partial charge is 0.188 e. The summed E-state index contributed by atoms with van der Waals surface area (Å²) in [5, 5.41) is 0. The van der Waals surface area contributed by atoms with E-state index in [4.69, 9.17) is 18.9 Å². The van der Waals surface area contributed by atoms with E-state index in [0.717, 1.165) is 6.29 Å². The molecule has 2 spiro atoms. The molecule has 21 heavy (non-hydrogen) atoms. The molecule has 0 aromatic rings. The van der Waals surface area contributed by atoms with E-state index in [9.17, 15) is 4.79 Å². The van der Waals surface area contributed by atoms with Crippen molar-refractivity contribution >= 4 is 22.2 Å². The van der Waals surface area contributed by atoms with E-state index in [1.165, 1.54) is 0 Å². The second-order valence-electron chi connectivity index (χ2n) is 7.70. The van der Waals surface area contributed by atoms with Crippen molar-refractivity contribution in [1.29, 1.82) is 0 Å². The zero-order chi connectivity index (χ0) is 13.8. The first-order valence-electron chi connectivity index (χ1n) is 7.92. The Balaban J connectivity index is 1.54. The van der Waals surface area contributed by atoms with E-state index in [1.54, 1.807) is 0 Å². The molecular weight excluding hydrogens is 340 g/mol. The third kappa shape index (κ3) is 0.660. The molecule has 8 fully saturated rings. The molecule has 6 aliphatic carbocycles. The fraction of sp³-hybridized carbons (Fsp3) is 0.933. The summed E-state index contributed by atoms with van der Waals surface area (Å²) in [6.45, 7) is 2.49. The van der Waals surface area contributed by atoms with Gasteiger partial charge < -0.3 is 23.7 Å². The van der Waals surface area contributed by atoms with E-state index in [1.807, 2.05) is 0 Å². The maximum atomic E-state index is 12.2. The number of halogens is 1. The minimum Gasteiger partial charge on any atom is -0.346 e. The number of ether oxygens (including phenoxy) is 4. The SMILES string of the molecule is O=C[C@]12[C@H]3[C@H]4[C@H]([C@@H]5[C@@H]1[C@H]3[C@@]4(Br)C51OCCO1)C21OCCO1. The van der Waals surface area contributed by atoms with Gasteiger partial charge in [-0.2, -0.15) is 0 Å². The Morgan fingerprint density at radius 3 is 1.86 bits per heavy atom. The minimum atomic E-state index is -0.690. The Hall–Kier alpha value is -0.0100. The van der Waals surface area contributed by atoms with Crippen LogP contribution in [0.1, 0.15) is 0 Å². The Labute approximate surface area is 129 Å². The second-order valence-corrected chi connectivity index (χ2v) is 9.01. The van der Waals surface area contributed by atoms with Crippen LogP contribution in [0.4, 0.5) is 0 Å². The molecule has 2 saturated heterocycles. The lowest BCUT2D eigenvalue weighted by Crippen LogP contribution is -2.76. The lowest BCUT2D eigenvalue weighted by atomic mass is 9.35. The third-order valence-corrected chi connectivity index (χ3v) is 9.65. The third-order valence-electron chi connectivity index (χ3n) is 8.04. The molecule has 0 radical (unpaired) electrons. The average molecular weight is 355 g/mol. The van der Waals surface area contributed by atoms with Gasteiger partial charge in [-0.05, 0) is 23.7 Å². The Kier molecular flexibility index (Phi) is 1.52. The number of carbonyl (C=O) groups excluding carboxylic acids is 1. The fourth-order valence-electron chi connectivity index (χ4n) is 8.15. The molecule has 8 atom stereocenters. The molecule has 0 unspecified atom stereocenters. The first kappa shape index (κ1) is 11.5. The zero-order valence-electron chi connectivity index (χ0n) is 11.3. The molecule has 8 aliphatic rings. The molecule has 6 saturated carbocycles. The van der Waals surface area contributed by atoms with Crippen LogP contribution in [-0.2, 0) is 23.7 Å². The van der Waals surface area contributed by atoms with Crippen molar-refractivity contribution in [3.8, 4) is 0 Å². The topological polar surface area (TPSA) is 54.0 Å². The summed E-state index contributed by atoms with van der Waals surface area (Å²) in [5.74, 6) is 0.807. The van der Waals surface area contributed by atoms with Crippen LogP contribution in [0.5, 0.6) is 0 Å². The number of hydrogen-bond acceptors (Lipinski definition) is 5. The van der Waals surface area contributed by atoms with Gasteiger partial charge in [0.05, 0.1) is 36.2 Å². The summed E-state index contributed by atoms with van der Waals surface area (Å²) in [6.07, 6.45) is 1.16. The van der Waals surface area contributed by atoms with Crippen LogP contribution in [0, 0.1) is 40.9 Å². The molecule has 112 valence electrons. The van der Waals surface area contributed by atoms with Crippen LogP contribution in [0.3, 0.4) is 0 Å². The first-order chi connectivity index (χ1) is 10.2. The van der Waals surface area contributed by atoms with Gasteiger partial charge in [-0.1, -0.05) is 15.9 Å². The maximum Gasteiger partial charge on any atom is 0.188 e. The van der Waals surface area contributed by atoms with Crippen molar-refractivity contribution in [2.75, 3.05) is 26.4 Å². The molecule has 0 aromatic heterocycles. The summed E-state index contributed by atoms with van der Waals surface area (Å²) in [6, 6.07) is 0. The van der Waals surface area contributed by atoms with E-state index in [-0.39, 0.29) is 16.2 Å². The lowest BCUT2D eigenvalue weighted by molar-refractivity contribution is -0.278. The van der Waals surface area contributed by atoms with Crippen molar-refractivity contribution in [3.05, 3.63) is 0 Å². The largest absolute Gasteiger partial charge is 0.346 e. The standard InChI is InChI=1S/C15H15BrO5/c16-13-8-6-9(13)11-10(15(13)20-3-4-21-15)7(8)12(6,5-17)14(11)18-1-2-19-14/h5-11H,1-4H2/t6-,7+,8+,9+,10+,11-,12+,13+/m1/s1. The van der Waals surface area contributed by atoms with Gasteiger partial charge >= 0.3 is 0 Å². The predicted octanol–water partition coefficient (Wildman–Crippen LogP) is 0.557. The quantitative estimate of drug-likeness (QED) is 0.508. The minimum absolute atomic E-state index is 0.119. The number of rotatable bonds is 1. The maximum absolute atomic E-state index is 12.2. The van der Waals surface area contributed by atoms with Gasteiger partial charge in [0.1, 0.15) is 6.29 Å². The van der Waals surface area contributed by atoms with E-state index in [0.29, 0.717) is 50.1 Å². The van der Waals surface area contributed by atoms with Crippen LogP contribution in [0.15, 0.2) is 0 Å². The molecule has 4 bridgehead atoms. The van der Waals surface area contributed by atoms with Crippen LogP contribution >= 0.6 is 15.9 Å². The van der Waals surface area contributed by atoms with Gasteiger partial charge in [-0.3, -0.25) is 0 Å². The average Bonchev–Trinajstić information content (AvgIpc) is 3.24. The van der Waals surface area contributed by atoms with Gasteiger partial charge in [0, 0.05) is 11.8 Å². The Morgan fingerprint density at radius 1 is 0.762 bits per heavy atom. The van der Waals surface area contributed by atoms with Crippen molar-refractivity contribution in [2.45, 2.75) is 15.9 Å². The highest BCUT2D eigenvalue weighted by atomic mass is 79.9. The fourth-order valence-corrected chi connectivity index (χ4v) is 9.78. The van der Waals surface area contributed by atoms with Gasteiger partial charge in [0.15, 0.2) is 11.6 Å². The van der Waals surface area contributed by atoms with Crippen LogP contribution < -0.4 is 0 Å². The molecule has 8 rings (SSSR count). The van der Waals surface area contributed by atoms with E-state index >= 15 is 0 Å².